The minimum absolute atomic E-state index is 0.0507. The first-order chi connectivity index (χ1) is 9.71. The molecule has 2 aromatic rings. The van der Waals surface area contributed by atoms with E-state index < -0.39 is 0 Å². The van der Waals surface area contributed by atoms with Crippen LogP contribution < -0.4 is 5.32 Å². The first-order valence-electron chi connectivity index (χ1n) is 7.24. The quantitative estimate of drug-likeness (QED) is 0.845. The minimum atomic E-state index is -0.0507. The average molecular weight is 296 g/mol. The molecule has 1 atom stereocenters. The maximum Gasteiger partial charge on any atom is 0.127 e. The van der Waals surface area contributed by atoms with Gasteiger partial charge in [-0.05, 0) is 32.0 Å². The molecule has 0 aliphatic rings. The number of aromatic nitrogens is 2. The second-order valence-electron chi connectivity index (χ2n) is 4.74. The molecule has 110 valence electrons. The number of nitrogens with one attached hydrogen (secondary N) is 1. The van der Waals surface area contributed by atoms with E-state index in [1.807, 2.05) is 16.8 Å². The van der Waals surface area contributed by atoms with Gasteiger partial charge in [0.15, 0.2) is 0 Å². The molecular formula is C15H22ClN3O. The number of halogens is 1. The first kappa shape index (κ1) is 15.1. The Morgan fingerprint density at radius 1 is 1.35 bits per heavy atom. The molecular weight excluding hydrogens is 274 g/mol. The van der Waals surface area contributed by atoms with Crippen molar-refractivity contribution in [2.75, 3.05) is 6.54 Å². The predicted octanol–water partition coefficient (Wildman–Crippen LogP) is 3.80. The third kappa shape index (κ3) is 3.07. The van der Waals surface area contributed by atoms with Gasteiger partial charge in [0, 0.05) is 13.0 Å². The van der Waals surface area contributed by atoms with Gasteiger partial charge in [0.05, 0.1) is 16.9 Å². The summed E-state index contributed by atoms with van der Waals surface area (Å²) in [5, 5.41) is 8.50. The van der Waals surface area contributed by atoms with E-state index in [2.05, 4.69) is 31.2 Å². The molecule has 2 rings (SSSR count). The van der Waals surface area contributed by atoms with Crippen molar-refractivity contribution in [1.29, 1.82) is 0 Å². The first-order valence-corrected chi connectivity index (χ1v) is 7.62. The van der Waals surface area contributed by atoms with Gasteiger partial charge >= 0.3 is 0 Å². The van der Waals surface area contributed by atoms with E-state index in [0.29, 0.717) is 5.02 Å². The normalized spacial score (nSPS) is 12.8. The Labute approximate surface area is 125 Å². The Bertz CT molecular complexity index is 547. The second-order valence-corrected chi connectivity index (χ2v) is 5.15. The monoisotopic (exact) mass is 295 g/mol. The highest BCUT2D eigenvalue weighted by Gasteiger charge is 2.24. The molecule has 0 saturated carbocycles. The lowest BCUT2D eigenvalue weighted by Gasteiger charge is -2.18. The van der Waals surface area contributed by atoms with Gasteiger partial charge in [-0.1, -0.05) is 25.4 Å². The van der Waals surface area contributed by atoms with Gasteiger partial charge in [-0.15, -0.1) is 0 Å². The molecule has 0 aliphatic heterocycles. The van der Waals surface area contributed by atoms with E-state index in [-0.39, 0.29) is 6.04 Å². The van der Waals surface area contributed by atoms with E-state index >= 15 is 0 Å². The number of hydrogen-bond donors (Lipinski definition) is 1. The van der Waals surface area contributed by atoms with Crippen molar-refractivity contribution in [3.05, 3.63) is 40.6 Å². The molecule has 0 amide bonds. The summed E-state index contributed by atoms with van der Waals surface area (Å²) in [6.45, 7) is 7.97. The van der Waals surface area contributed by atoms with Crippen LogP contribution in [0.3, 0.4) is 0 Å². The van der Waals surface area contributed by atoms with Crippen LogP contribution in [0.5, 0.6) is 0 Å². The average Bonchev–Trinajstić information content (AvgIpc) is 3.07. The molecule has 0 aromatic carbocycles. The molecule has 0 bridgehead atoms. The highest BCUT2D eigenvalue weighted by Crippen LogP contribution is 2.29. The maximum atomic E-state index is 6.32. The molecule has 0 radical (unpaired) electrons. The number of rotatable bonds is 7. The minimum Gasteiger partial charge on any atom is -0.464 e. The summed E-state index contributed by atoms with van der Waals surface area (Å²) < 4.78 is 7.83. The predicted molar refractivity (Wildman–Crippen MR) is 81.1 cm³/mol. The summed E-state index contributed by atoms with van der Waals surface area (Å²) in [4.78, 5) is 0. The van der Waals surface area contributed by atoms with Crippen molar-refractivity contribution in [3.8, 4) is 0 Å². The molecule has 4 nitrogen and oxygen atoms in total. The lowest BCUT2D eigenvalue weighted by atomic mass is 10.1. The zero-order valence-corrected chi connectivity index (χ0v) is 13.1. The van der Waals surface area contributed by atoms with Crippen LogP contribution in [0.25, 0.3) is 0 Å². The molecule has 0 spiro atoms. The van der Waals surface area contributed by atoms with Crippen LogP contribution in [0.1, 0.15) is 50.4 Å². The van der Waals surface area contributed by atoms with Gasteiger partial charge in [0.25, 0.3) is 0 Å². The van der Waals surface area contributed by atoms with Crippen LogP contribution in [0, 0.1) is 0 Å². The summed E-state index contributed by atoms with van der Waals surface area (Å²) in [6, 6.07) is 4.00. The molecule has 2 heterocycles. The van der Waals surface area contributed by atoms with Gasteiger partial charge in [0.1, 0.15) is 17.6 Å². The molecule has 1 unspecified atom stereocenters. The molecule has 2 aromatic heterocycles. The van der Waals surface area contributed by atoms with Crippen molar-refractivity contribution in [3.63, 3.8) is 0 Å². The molecule has 5 heteroatoms. The Morgan fingerprint density at radius 3 is 2.75 bits per heavy atom. The van der Waals surface area contributed by atoms with E-state index in [0.717, 1.165) is 43.1 Å². The Morgan fingerprint density at radius 2 is 2.15 bits per heavy atom. The van der Waals surface area contributed by atoms with Crippen molar-refractivity contribution in [2.24, 2.45) is 0 Å². The van der Waals surface area contributed by atoms with Crippen LogP contribution >= 0.6 is 11.6 Å². The van der Waals surface area contributed by atoms with Crippen LogP contribution in [0.4, 0.5) is 0 Å². The van der Waals surface area contributed by atoms with E-state index in [9.17, 15) is 0 Å². The SMILES string of the molecule is CCCNC(c1ccc(CC)o1)c1c(Cl)cnn1CC. The fourth-order valence-electron chi connectivity index (χ4n) is 2.27. The number of aryl methyl sites for hydroxylation is 2. The summed E-state index contributed by atoms with van der Waals surface area (Å²) in [6.07, 6.45) is 3.64. The third-order valence-electron chi connectivity index (χ3n) is 3.32. The van der Waals surface area contributed by atoms with Gasteiger partial charge in [-0.2, -0.15) is 5.10 Å². The van der Waals surface area contributed by atoms with Gasteiger partial charge in [-0.3, -0.25) is 4.68 Å². The van der Waals surface area contributed by atoms with Gasteiger partial charge in [-0.25, -0.2) is 0 Å². The van der Waals surface area contributed by atoms with E-state index in [1.165, 1.54) is 0 Å². The largest absolute Gasteiger partial charge is 0.464 e. The lowest BCUT2D eigenvalue weighted by Crippen LogP contribution is -2.25. The Hall–Kier alpha value is -1.26. The highest BCUT2D eigenvalue weighted by molar-refractivity contribution is 6.31. The lowest BCUT2D eigenvalue weighted by molar-refractivity contribution is 0.407. The van der Waals surface area contributed by atoms with Crippen molar-refractivity contribution in [1.82, 2.24) is 15.1 Å². The van der Waals surface area contributed by atoms with Crippen LogP contribution in [0.2, 0.25) is 5.02 Å². The van der Waals surface area contributed by atoms with Crippen molar-refractivity contribution >= 4 is 11.6 Å². The Balaban J connectivity index is 2.38. The standard InChI is InChI=1S/C15H22ClN3O/c1-4-9-17-14(13-8-7-11(5-2)20-13)15-12(16)10-18-19(15)6-3/h7-8,10,14,17H,4-6,9H2,1-3H3. The van der Waals surface area contributed by atoms with Crippen LogP contribution in [0.15, 0.2) is 22.7 Å². The summed E-state index contributed by atoms with van der Waals surface area (Å²) in [7, 11) is 0. The summed E-state index contributed by atoms with van der Waals surface area (Å²) in [5.74, 6) is 1.88. The zero-order chi connectivity index (χ0) is 14.5. The second kappa shape index (κ2) is 6.95. The maximum absolute atomic E-state index is 6.32. The topological polar surface area (TPSA) is 43.0 Å². The number of hydrogen-bond acceptors (Lipinski definition) is 3. The van der Waals surface area contributed by atoms with Gasteiger partial charge in [0.2, 0.25) is 0 Å². The third-order valence-corrected chi connectivity index (χ3v) is 3.61. The van der Waals surface area contributed by atoms with Gasteiger partial charge < -0.3 is 9.73 Å². The summed E-state index contributed by atoms with van der Waals surface area (Å²) >= 11 is 6.32. The molecule has 20 heavy (non-hydrogen) atoms. The smallest absolute Gasteiger partial charge is 0.127 e. The zero-order valence-electron chi connectivity index (χ0n) is 12.3. The van der Waals surface area contributed by atoms with Crippen LogP contribution in [-0.2, 0) is 13.0 Å². The molecule has 0 aliphatic carbocycles. The van der Waals surface area contributed by atoms with E-state index in [4.69, 9.17) is 16.0 Å². The molecule has 0 saturated heterocycles. The van der Waals surface area contributed by atoms with Crippen molar-refractivity contribution in [2.45, 2.75) is 46.2 Å². The van der Waals surface area contributed by atoms with E-state index in [1.54, 1.807) is 6.20 Å². The Kier molecular flexibility index (Phi) is 5.26. The highest BCUT2D eigenvalue weighted by atomic mass is 35.5. The summed E-state index contributed by atoms with van der Waals surface area (Å²) in [5.41, 5.74) is 0.972. The van der Waals surface area contributed by atoms with Crippen molar-refractivity contribution < 1.29 is 4.42 Å². The molecule has 1 N–H and O–H groups in total. The fourth-order valence-corrected chi connectivity index (χ4v) is 2.52. The van der Waals surface area contributed by atoms with Crippen LogP contribution in [-0.4, -0.2) is 16.3 Å². The molecule has 0 fully saturated rings. The fraction of sp³-hybridized carbons (Fsp3) is 0.533. The number of furan rings is 1. The number of nitrogens with zero attached hydrogens (tertiary/aromatic N) is 2.